The molecule has 0 saturated carbocycles. The lowest BCUT2D eigenvalue weighted by atomic mass is 9.90. The summed E-state index contributed by atoms with van der Waals surface area (Å²) in [5.74, 6) is -0.285. The van der Waals surface area contributed by atoms with Crippen LogP contribution >= 0.6 is 0 Å². The monoisotopic (exact) mass is 251 g/mol. The van der Waals surface area contributed by atoms with E-state index in [1.54, 1.807) is 6.92 Å². The number of hydrogen-bond acceptors (Lipinski definition) is 3. The molecule has 1 aromatic rings. The van der Waals surface area contributed by atoms with Crippen LogP contribution in [0.4, 0.5) is 0 Å². The highest BCUT2D eigenvalue weighted by Gasteiger charge is 2.25. The number of aliphatic carboxylic acids is 1. The summed E-state index contributed by atoms with van der Waals surface area (Å²) in [5, 5.41) is 10.7. The van der Waals surface area contributed by atoms with Crippen molar-refractivity contribution >= 4 is 5.97 Å². The van der Waals surface area contributed by atoms with E-state index in [2.05, 4.69) is 12.7 Å². The van der Waals surface area contributed by atoms with Crippen molar-refractivity contribution in [3.8, 4) is 5.75 Å². The molecule has 0 aliphatic rings. The van der Waals surface area contributed by atoms with Gasteiger partial charge in [-0.3, -0.25) is 0 Å². The van der Waals surface area contributed by atoms with Crippen LogP contribution in [0.1, 0.15) is 38.7 Å². The van der Waals surface area contributed by atoms with Gasteiger partial charge >= 0.3 is 0 Å². The van der Waals surface area contributed by atoms with Crippen molar-refractivity contribution in [2.75, 3.05) is 6.61 Å². The molecular formula is C14H21NO3. The molecule has 1 atom stereocenters. The number of carbonyl (C=O) groups is 1. The van der Waals surface area contributed by atoms with Crippen LogP contribution in [0.25, 0.3) is 0 Å². The highest BCUT2D eigenvalue weighted by Crippen LogP contribution is 2.22. The molecule has 3 N–H and O–H groups in total. The molecule has 4 nitrogen and oxygen atoms in total. The lowest BCUT2D eigenvalue weighted by Crippen LogP contribution is -2.69. The van der Waals surface area contributed by atoms with Crippen molar-refractivity contribution < 1.29 is 20.4 Å². The summed E-state index contributed by atoms with van der Waals surface area (Å²) < 4.78 is 5.55. The minimum Gasteiger partial charge on any atom is -0.550 e. The number of quaternary nitrogens is 1. The Morgan fingerprint density at radius 2 is 2.00 bits per heavy atom. The molecule has 0 bridgehead atoms. The zero-order valence-electron chi connectivity index (χ0n) is 11.1. The fourth-order valence-electron chi connectivity index (χ4n) is 1.71. The largest absolute Gasteiger partial charge is 0.550 e. The van der Waals surface area contributed by atoms with E-state index in [1.165, 1.54) is 0 Å². The molecule has 0 aromatic heterocycles. The van der Waals surface area contributed by atoms with Crippen LogP contribution in [0.15, 0.2) is 24.3 Å². The van der Waals surface area contributed by atoms with Crippen molar-refractivity contribution in [2.45, 2.75) is 38.6 Å². The number of unbranched alkanes of at least 4 members (excludes halogenated alkanes) is 1. The van der Waals surface area contributed by atoms with E-state index in [4.69, 9.17) is 4.74 Å². The van der Waals surface area contributed by atoms with E-state index in [0.29, 0.717) is 6.61 Å². The molecule has 0 radical (unpaired) electrons. The third-order valence-electron chi connectivity index (χ3n) is 2.85. The molecule has 1 aromatic carbocycles. The van der Waals surface area contributed by atoms with Gasteiger partial charge in [0.15, 0.2) is 0 Å². The molecule has 0 saturated heterocycles. The number of carboxylic acid groups (broad SMARTS) is 1. The van der Waals surface area contributed by atoms with Crippen LogP contribution in [-0.2, 0) is 10.3 Å². The summed E-state index contributed by atoms with van der Waals surface area (Å²) >= 11 is 0. The van der Waals surface area contributed by atoms with Gasteiger partial charge in [0.2, 0.25) is 0 Å². The summed E-state index contributed by atoms with van der Waals surface area (Å²) in [7, 11) is 0. The molecule has 100 valence electrons. The zero-order chi connectivity index (χ0) is 13.6. The lowest BCUT2D eigenvalue weighted by molar-refractivity contribution is -0.484. The minimum atomic E-state index is -1.09. The molecule has 0 unspecified atom stereocenters. The SMILES string of the molecule is CCCCOc1ccc([C@](C)([NH3+])CC(=O)[O-])cc1. The van der Waals surface area contributed by atoms with Crippen LogP contribution < -0.4 is 15.6 Å². The van der Waals surface area contributed by atoms with Crippen molar-refractivity contribution in [1.82, 2.24) is 0 Å². The number of ether oxygens (including phenoxy) is 1. The molecule has 0 aliphatic carbocycles. The van der Waals surface area contributed by atoms with Crippen LogP contribution in [0, 0.1) is 0 Å². The van der Waals surface area contributed by atoms with E-state index < -0.39 is 11.5 Å². The van der Waals surface area contributed by atoms with Gasteiger partial charge in [-0.1, -0.05) is 13.3 Å². The molecule has 4 heteroatoms. The predicted molar refractivity (Wildman–Crippen MR) is 66.7 cm³/mol. The average molecular weight is 251 g/mol. The number of carboxylic acids is 1. The number of carbonyl (C=O) groups excluding carboxylic acids is 1. The molecule has 0 aliphatic heterocycles. The topological polar surface area (TPSA) is 77.0 Å². The first-order valence-electron chi connectivity index (χ1n) is 6.24. The predicted octanol–water partition coefficient (Wildman–Crippen LogP) is 0.463. The Bertz CT molecular complexity index is 385. The van der Waals surface area contributed by atoms with Gasteiger partial charge in [-0.2, -0.15) is 0 Å². The third-order valence-corrected chi connectivity index (χ3v) is 2.85. The second-order valence-corrected chi connectivity index (χ2v) is 4.84. The molecular weight excluding hydrogens is 230 g/mol. The Balaban J connectivity index is 2.66. The number of hydrogen-bond donors (Lipinski definition) is 1. The number of rotatable bonds is 7. The zero-order valence-corrected chi connectivity index (χ0v) is 11.1. The molecule has 18 heavy (non-hydrogen) atoms. The second kappa shape index (κ2) is 6.40. The summed E-state index contributed by atoms with van der Waals surface area (Å²) in [6.45, 7) is 4.60. The highest BCUT2D eigenvalue weighted by atomic mass is 16.5. The maximum absolute atomic E-state index is 10.7. The smallest absolute Gasteiger partial charge is 0.123 e. The van der Waals surface area contributed by atoms with Crippen molar-refractivity contribution in [1.29, 1.82) is 0 Å². The molecule has 1 rings (SSSR count). The van der Waals surface area contributed by atoms with Crippen LogP contribution in [0.5, 0.6) is 5.75 Å². The van der Waals surface area contributed by atoms with E-state index in [0.717, 1.165) is 24.2 Å². The summed E-state index contributed by atoms with van der Waals surface area (Å²) in [6, 6.07) is 7.42. The van der Waals surface area contributed by atoms with Crippen LogP contribution in [-0.4, -0.2) is 12.6 Å². The van der Waals surface area contributed by atoms with E-state index in [-0.39, 0.29) is 6.42 Å². The number of benzene rings is 1. The van der Waals surface area contributed by atoms with E-state index >= 15 is 0 Å². The lowest BCUT2D eigenvalue weighted by Gasteiger charge is -2.22. The van der Waals surface area contributed by atoms with Crippen LogP contribution in [0.2, 0.25) is 0 Å². The molecule has 0 heterocycles. The Morgan fingerprint density at radius 3 is 2.50 bits per heavy atom. The van der Waals surface area contributed by atoms with E-state index in [1.807, 2.05) is 24.3 Å². The first kappa shape index (κ1) is 14.5. The molecule has 0 spiro atoms. The van der Waals surface area contributed by atoms with Gasteiger partial charge in [0.25, 0.3) is 0 Å². The molecule has 0 fully saturated rings. The normalized spacial score (nSPS) is 13.9. The quantitative estimate of drug-likeness (QED) is 0.715. The minimum absolute atomic E-state index is 0.0942. The highest BCUT2D eigenvalue weighted by molar-refractivity contribution is 5.66. The summed E-state index contributed by atoms with van der Waals surface area (Å²) in [6.07, 6.45) is 2.03. The van der Waals surface area contributed by atoms with Crippen molar-refractivity contribution in [3.05, 3.63) is 29.8 Å². The Kier molecular flexibility index (Phi) is 5.16. The van der Waals surface area contributed by atoms with Gasteiger partial charge in [0.1, 0.15) is 11.3 Å². The standard InChI is InChI=1S/C14H21NO3/c1-3-4-9-18-12-7-5-11(6-8-12)14(2,15)10-13(16)17/h5-8H,3-4,9-10,15H2,1-2H3,(H,16,17)/t14-/m1/s1. The Hall–Kier alpha value is -1.55. The van der Waals surface area contributed by atoms with Gasteiger partial charge in [-0.25, -0.2) is 0 Å². The second-order valence-electron chi connectivity index (χ2n) is 4.84. The van der Waals surface area contributed by atoms with Gasteiger partial charge in [-0.05, 0) is 37.6 Å². The van der Waals surface area contributed by atoms with Gasteiger partial charge in [-0.15, -0.1) is 0 Å². The van der Waals surface area contributed by atoms with Crippen LogP contribution in [0.3, 0.4) is 0 Å². The van der Waals surface area contributed by atoms with Gasteiger partial charge in [0, 0.05) is 18.0 Å². The first-order chi connectivity index (χ1) is 8.45. The Morgan fingerprint density at radius 1 is 1.39 bits per heavy atom. The third kappa shape index (κ3) is 4.37. The maximum Gasteiger partial charge on any atom is 0.123 e. The summed E-state index contributed by atoms with van der Waals surface area (Å²) in [4.78, 5) is 10.7. The fraction of sp³-hybridized carbons (Fsp3) is 0.500. The fourth-order valence-corrected chi connectivity index (χ4v) is 1.71. The van der Waals surface area contributed by atoms with Gasteiger partial charge in [0.05, 0.1) is 6.61 Å². The Labute approximate surface area is 108 Å². The molecule has 0 amide bonds. The summed E-state index contributed by atoms with van der Waals surface area (Å²) in [5.41, 5.74) is 4.13. The maximum atomic E-state index is 10.7. The van der Waals surface area contributed by atoms with Crippen molar-refractivity contribution in [3.63, 3.8) is 0 Å². The first-order valence-corrected chi connectivity index (χ1v) is 6.24. The van der Waals surface area contributed by atoms with Crippen molar-refractivity contribution in [2.24, 2.45) is 0 Å². The average Bonchev–Trinajstić information content (AvgIpc) is 2.28. The van der Waals surface area contributed by atoms with Gasteiger partial charge < -0.3 is 20.4 Å². The van der Waals surface area contributed by atoms with E-state index in [9.17, 15) is 9.90 Å².